The number of aromatic hydroxyl groups is 1. The molecule has 2 aromatic carbocycles. The largest absolute Gasteiger partial charge is 0.505 e. The van der Waals surface area contributed by atoms with Crippen molar-refractivity contribution in [3.8, 4) is 17.0 Å². The van der Waals surface area contributed by atoms with E-state index in [-0.39, 0.29) is 17.0 Å². The smallest absolute Gasteiger partial charge is 0.340 e. The van der Waals surface area contributed by atoms with Crippen LogP contribution in [0.1, 0.15) is 31.1 Å². The lowest BCUT2D eigenvalue weighted by Crippen LogP contribution is -2.21. The summed E-state index contributed by atoms with van der Waals surface area (Å²) in [5.41, 5.74) is 1.39. The van der Waals surface area contributed by atoms with Gasteiger partial charge in [0, 0.05) is 10.9 Å². The number of hydrogen-bond donors (Lipinski definition) is 2. The molecule has 3 rings (SSSR count). The fourth-order valence-corrected chi connectivity index (χ4v) is 2.89. The minimum absolute atomic E-state index is 0.116. The number of benzene rings is 2. The third-order valence-electron chi connectivity index (χ3n) is 4.47. The Kier molecular flexibility index (Phi) is 7.32. The highest BCUT2D eigenvalue weighted by molar-refractivity contribution is 6.07. The average molecular weight is 366 g/mol. The Morgan fingerprint density at radius 1 is 0.926 bits per heavy atom. The Balaban J connectivity index is 0.000000321. The molecule has 1 aromatic heterocycles. The summed E-state index contributed by atoms with van der Waals surface area (Å²) in [6, 6.07) is 15.9. The van der Waals surface area contributed by atoms with Gasteiger partial charge in [0.05, 0.1) is 5.52 Å². The van der Waals surface area contributed by atoms with E-state index in [1.54, 1.807) is 36.4 Å². The van der Waals surface area contributed by atoms with E-state index in [4.69, 9.17) is 0 Å². The first-order chi connectivity index (χ1) is 13.0. The number of aromatic nitrogens is 1. The first-order valence-corrected chi connectivity index (χ1v) is 9.16. The maximum absolute atomic E-state index is 11.4. The van der Waals surface area contributed by atoms with Gasteiger partial charge in [-0.3, -0.25) is 0 Å². The van der Waals surface area contributed by atoms with Gasteiger partial charge in [0.25, 0.3) is 0 Å². The van der Waals surface area contributed by atoms with Gasteiger partial charge in [-0.2, -0.15) is 0 Å². The van der Waals surface area contributed by atoms with Crippen molar-refractivity contribution in [1.29, 1.82) is 0 Å². The van der Waals surface area contributed by atoms with E-state index in [2.05, 4.69) is 30.7 Å². The van der Waals surface area contributed by atoms with Crippen LogP contribution in [0.2, 0.25) is 0 Å². The summed E-state index contributed by atoms with van der Waals surface area (Å²) in [5, 5.41) is 20.0. The van der Waals surface area contributed by atoms with Crippen LogP contribution in [0.25, 0.3) is 22.2 Å². The van der Waals surface area contributed by atoms with Gasteiger partial charge in [0.2, 0.25) is 0 Å². The van der Waals surface area contributed by atoms with Crippen LogP contribution in [-0.2, 0) is 0 Å². The zero-order chi connectivity index (χ0) is 19.8. The maximum atomic E-state index is 11.4. The second-order valence-corrected chi connectivity index (χ2v) is 5.99. The predicted octanol–water partition coefficient (Wildman–Crippen LogP) is 4.65. The van der Waals surface area contributed by atoms with Crippen molar-refractivity contribution in [2.45, 2.75) is 20.8 Å². The Morgan fingerprint density at radius 2 is 1.48 bits per heavy atom. The Morgan fingerprint density at radius 3 is 2.00 bits per heavy atom. The first kappa shape index (κ1) is 20.4. The Hall–Kier alpha value is -2.92. The molecule has 0 saturated heterocycles. The molecule has 27 heavy (non-hydrogen) atoms. The van der Waals surface area contributed by atoms with Crippen LogP contribution in [0.5, 0.6) is 5.75 Å². The van der Waals surface area contributed by atoms with E-state index >= 15 is 0 Å². The molecular weight excluding hydrogens is 340 g/mol. The first-order valence-electron chi connectivity index (χ1n) is 9.16. The van der Waals surface area contributed by atoms with E-state index in [1.165, 1.54) is 19.6 Å². The zero-order valence-electron chi connectivity index (χ0n) is 16.0. The van der Waals surface area contributed by atoms with Gasteiger partial charge in [-0.15, -0.1) is 0 Å². The van der Waals surface area contributed by atoms with Crippen LogP contribution in [0.4, 0.5) is 0 Å². The molecular formula is C22H26N2O3. The summed E-state index contributed by atoms with van der Waals surface area (Å²) < 4.78 is 0. The molecule has 0 radical (unpaired) electrons. The zero-order valence-corrected chi connectivity index (χ0v) is 16.0. The fraction of sp³-hybridized carbons (Fsp3) is 0.273. The maximum Gasteiger partial charge on any atom is 0.340 e. The number of carboxylic acids is 1. The van der Waals surface area contributed by atoms with Gasteiger partial charge in [-0.1, -0.05) is 69.3 Å². The van der Waals surface area contributed by atoms with E-state index in [9.17, 15) is 15.0 Å². The number of para-hydroxylation sites is 1. The number of carbonyl (C=O) groups is 1. The molecule has 0 aliphatic heterocycles. The molecule has 0 unspecified atom stereocenters. The predicted molar refractivity (Wildman–Crippen MR) is 109 cm³/mol. The summed E-state index contributed by atoms with van der Waals surface area (Å²) in [6.07, 6.45) is 0. The van der Waals surface area contributed by atoms with E-state index in [0.29, 0.717) is 16.5 Å². The third-order valence-corrected chi connectivity index (χ3v) is 4.47. The van der Waals surface area contributed by atoms with Crippen molar-refractivity contribution in [3.05, 3.63) is 60.2 Å². The topological polar surface area (TPSA) is 73.7 Å². The summed E-state index contributed by atoms with van der Waals surface area (Å²) in [5.74, 6) is -1.47. The number of pyridine rings is 1. The lowest BCUT2D eigenvalue weighted by molar-refractivity contribution is 0.0696. The van der Waals surface area contributed by atoms with Gasteiger partial charge in [-0.05, 0) is 25.7 Å². The van der Waals surface area contributed by atoms with Crippen LogP contribution >= 0.6 is 0 Å². The fourth-order valence-electron chi connectivity index (χ4n) is 2.89. The Bertz CT molecular complexity index is 885. The molecule has 0 atom stereocenters. The van der Waals surface area contributed by atoms with Crippen LogP contribution in [-0.4, -0.2) is 45.7 Å². The molecule has 1 heterocycles. The number of nitrogens with zero attached hydrogens (tertiary/aromatic N) is 2. The number of hydrogen-bond acceptors (Lipinski definition) is 4. The standard InChI is InChI=1S/C16H11NO3.C6H15N/c18-15-13(16(19)20)11-8-4-5-9-12(11)17-14(15)10-6-2-1-3-7-10;1-4-7(5-2)6-3/h1-9,18H,(H,19,20);4-6H2,1-3H3. The van der Waals surface area contributed by atoms with Crippen molar-refractivity contribution in [3.63, 3.8) is 0 Å². The number of carboxylic acid groups (broad SMARTS) is 1. The van der Waals surface area contributed by atoms with Crippen molar-refractivity contribution < 1.29 is 15.0 Å². The van der Waals surface area contributed by atoms with Gasteiger partial charge in [0.1, 0.15) is 11.3 Å². The summed E-state index contributed by atoms with van der Waals surface area (Å²) >= 11 is 0. The monoisotopic (exact) mass is 366 g/mol. The van der Waals surface area contributed by atoms with Gasteiger partial charge in [-0.25, -0.2) is 9.78 Å². The van der Waals surface area contributed by atoms with Crippen LogP contribution < -0.4 is 0 Å². The quantitative estimate of drug-likeness (QED) is 0.687. The molecule has 0 spiro atoms. The molecule has 0 aliphatic rings. The second-order valence-electron chi connectivity index (χ2n) is 5.99. The molecule has 0 fully saturated rings. The molecule has 2 N–H and O–H groups in total. The summed E-state index contributed by atoms with van der Waals surface area (Å²) in [6.45, 7) is 10.1. The molecule has 5 nitrogen and oxygen atoms in total. The van der Waals surface area contributed by atoms with Crippen molar-refractivity contribution in [1.82, 2.24) is 9.88 Å². The molecule has 142 valence electrons. The van der Waals surface area contributed by atoms with Crippen molar-refractivity contribution in [2.75, 3.05) is 19.6 Å². The third kappa shape index (κ3) is 4.83. The minimum Gasteiger partial charge on any atom is -0.505 e. The molecule has 0 amide bonds. The number of fused-ring (bicyclic) bond motifs is 1. The van der Waals surface area contributed by atoms with Gasteiger partial charge >= 0.3 is 5.97 Å². The molecule has 0 aliphatic carbocycles. The van der Waals surface area contributed by atoms with Crippen molar-refractivity contribution >= 4 is 16.9 Å². The average Bonchev–Trinajstić information content (AvgIpc) is 2.69. The lowest BCUT2D eigenvalue weighted by Gasteiger charge is -2.13. The number of aromatic carboxylic acids is 1. The molecule has 0 bridgehead atoms. The van der Waals surface area contributed by atoms with E-state index < -0.39 is 5.97 Å². The molecule has 5 heteroatoms. The summed E-state index contributed by atoms with van der Waals surface area (Å²) in [7, 11) is 0. The molecule has 0 saturated carbocycles. The minimum atomic E-state index is -1.17. The summed E-state index contributed by atoms with van der Waals surface area (Å²) in [4.78, 5) is 18.2. The van der Waals surface area contributed by atoms with Gasteiger partial charge < -0.3 is 15.1 Å². The second kappa shape index (κ2) is 9.69. The van der Waals surface area contributed by atoms with E-state index in [1.807, 2.05) is 18.2 Å². The number of rotatable bonds is 5. The highest BCUT2D eigenvalue weighted by Gasteiger charge is 2.20. The SMILES string of the molecule is CCN(CC)CC.O=C(O)c1c(O)c(-c2ccccc2)nc2ccccc12. The highest BCUT2D eigenvalue weighted by Crippen LogP contribution is 2.35. The van der Waals surface area contributed by atoms with E-state index in [0.717, 1.165) is 0 Å². The van der Waals surface area contributed by atoms with Crippen LogP contribution in [0, 0.1) is 0 Å². The van der Waals surface area contributed by atoms with Gasteiger partial charge in [0.15, 0.2) is 5.75 Å². The highest BCUT2D eigenvalue weighted by atomic mass is 16.4. The molecule has 3 aromatic rings. The van der Waals surface area contributed by atoms with Crippen LogP contribution in [0.3, 0.4) is 0 Å². The normalized spacial score (nSPS) is 10.5. The van der Waals surface area contributed by atoms with Crippen molar-refractivity contribution in [2.24, 2.45) is 0 Å². The van der Waals surface area contributed by atoms with Crippen LogP contribution in [0.15, 0.2) is 54.6 Å². The Labute approximate surface area is 159 Å². The lowest BCUT2D eigenvalue weighted by atomic mass is 10.0.